The molecule has 0 amide bonds. The lowest BCUT2D eigenvalue weighted by Gasteiger charge is -2.41. The van der Waals surface area contributed by atoms with E-state index in [1.807, 2.05) is 25.7 Å². The highest BCUT2D eigenvalue weighted by Crippen LogP contribution is 2.33. The van der Waals surface area contributed by atoms with Crippen molar-refractivity contribution < 1.29 is 14.6 Å². The Morgan fingerprint density at radius 1 is 1.67 bits per heavy atom. The fourth-order valence-corrected chi connectivity index (χ4v) is 3.29. The van der Waals surface area contributed by atoms with E-state index in [-0.39, 0.29) is 21.7 Å². The molecule has 1 N–H and O–H groups in total. The highest BCUT2D eigenvalue weighted by molar-refractivity contribution is 7.18. The van der Waals surface area contributed by atoms with E-state index in [2.05, 4.69) is 4.98 Å². The quantitative estimate of drug-likeness (QED) is 0.907. The van der Waals surface area contributed by atoms with Crippen LogP contribution in [-0.4, -0.2) is 40.9 Å². The molecule has 1 aromatic heterocycles. The molecule has 0 bridgehead atoms. The number of rotatable bonds is 2. The van der Waals surface area contributed by atoms with Gasteiger partial charge in [-0.1, -0.05) is 22.9 Å². The normalized spacial score (nSPS) is 23.1. The lowest BCUT2D eigenvalue weighted by Crippen LogP contribution is -2.52. The van der Waals surface area contributed by atoms with Gasteiger partial charge in [0.2, 0.25) is 0 Å². The van der Waals surface area contributed by atoms with Gasteiger partial charge in [-0.05, 0) is 20.8 Å². The number of carbonyl (C=O) groups is 1. The first kappa shape index (κ1) is 13.6. The molecular formula is C11H15ClN2O3S. The van der Waals surface area contributed by atoms with Crippen LogP contribution >= 0.6 is 22.9 Å². The van der Waals surface area contributed by atoms with Crippen molar-refractivity contribution in [2.75, 3.05) is 18.0 Å². The predicted octanol–water partition coefficient (Wildman–Crippen LogP) is 2.50. The van der Waals surface area contributed by atoms with Gasteiger partial charge in [0.1, 0.15) is 0 Å². The largest absolute Gasteiger partial charge is 0.477 e. The number of anilines is 1. The third kappa shape index (κ3) is 2.76. The van der Waals surface area contributed by atoms with Crippen molar-refractivity contribution in [1.82, 2.24) is 4.98 Å². The predicted molar refractivity (Wildman–Crippen MR) is 70.9 cm³/mol. The number of nitrogens with zero attached hydrogens (tertiary/aromatic N) is 2. The van der Waals surface area contributed by atoms with Crippen molar-refractivity contribution in [3.8, 4) is 0 Å². The van der Waals surface area contributed by atoms with Gasteiger partial charge in [-0.2, -0.15) is 0 Å². The third-order valence-corrected chi connectivity index (χ3v) is 4.10. The van der Waals surface area contributed by atoms with Crippen LogP contribution in [0.25, 0.3) is 0 Å². The zero-order valence-electron chi connectivity index (χ0n) is 10.4. The summed E-state index contributed by atoms with van der Waals surface area (Å²) in [5, 5.41) is 9.67. The number of aromatic carboxylic acids is 1. The van der Waals surface area contributed by atoms with Gasteiger partial charge in [0, 0.05) is 13.1 Å². The number of aromatic nitrogens is 1. The molecule has 1 aliphatic heterocycles. The SMILES string of the molecule is CC1CN(c2nc(Cl)c(C(=O)O)s2)CC(C)(C)O1. The van der Waals surface area contributed by atoms with Crippen LogP contribution in [0, 0.1) is 0 Å². The molecule has 2 rings (SSSR count). The first-order chi connectivity index (χ1) is 8.28. The van der Waals surface area contributed by atoms with E-state index in [1.54, 1.807) is 0 Å². The minimum Gasteiger partial charge on any atom is -0.477 e. The molecule has 18 heavy (non-hydrogen) atoms. The molecule has 7 heteroatoms. The topological polar surface area (TPSA) is 62.7 Å². The number of halogens is 1. The van der Waals surface area contributed by atoms with Gasteiger partial charge in [0.15, 0.2) is 15.2 Å². The van der Waals surface area contributed by atoms with Crippen LogP contribution in [0.5, 0.6) is 0 Å². The van der Waals surface area contributed by atoms with Crippen molar-refractivity contribution in [3.63, 3.8) is 0 Å². The number of hydrogen-bond acceptors (Lipinski definition) is 5. The van der Waals surface area contributed by atoms with Crippen LogP contribution in [-0.2, 0) is 4.74 Å². The maximum Gasteiger partial charge on any atom is 0.349 e. The second kappa shape index (κ2) is 4.68. The summed E-state index contributed by atoms with van der Waals surface area (Å²) in [6.45, 7) is 7.35. The zero-order valence-corrected chi connectivity index (χ0v) is 12.0. The van der Waals surface area contributed by atoms with E-state index in [0.717, 1.165) is 11.3 Å². The number of thiazole rings is 1. The summed E-state index contributed by atoms with van der Waals surface area (Å²) in [6.07, 6.45) is 0.0738. The molecule has 1 unspecified atom stereocenters. The molecule has 0 aliphatic carbocycles. The van der Waals surface area contributed by atoms with E-state index in [4.69, 9.17) is 21.4 Å². The Kier molecular flexibility index (Phi) is 3.53. The molecule has 1 aliphatic rings. The molecule has 5 nitrogen and oxygen atoms in total. The molecule has 100 valence electrons. The highest BCUT2D eigenvalue weighted by atomic mass is 35.5. The van der Waals surface area contributed by atoms with Crippen LogP contribution in [0.1, 0.15) is 30.4 Å². The first-order valence-electron chi connectivity index (χ1n) is 5.61. The zero-order chi connectivity index (χ0) is 13.5. The standard InChI is InChI=1S/C11H15ClN2O3S/c1-6-4-14(5-11(2,3)17-6)10-13-8(12)7(18-10)9(15)16/h6H,4-5H2,1-3H3,(H,15,16). The molecule has 2 heterocycles. The van der Waals surface area contributed by atoms with Gasteiger partial charge >= 0.3 is 5.97 Å². The summed E-state index contributed by atoms with van der Waals surface area (Å²) in [5.41, 5.74) is -0.279. The van der Waals surface area contributed by atoms with E-state index in [1.165, 1.54) is 0 Å². The Bertz CT molecular complexity index is 475. The molecule has 0 aromatic carbocycles. The molecule has 1 saturated heterocycles. The second-order valence-electron chi connectivity index (χ2n) is 4.99. The van der Waals surface area contributed by atoms with Gasteiger partial charge < -0.3 is 14.7 Å². The summed E-state index contributed by atoms with van der Waals surface area (Å²) >= 11 is 6.93. The number of carboxylic acid groups (broad SMARTS) is 1. The van der Waals surface area contributed by atoms with Crippen molar-refractivity contribution in [2.45, 2.75) is 32.5 Å². The van der Waals surface area contributed by atoms with E-state index < -0.39 is 5.97 Å². The van der Waals surface area contributed by atoms with Gasteiger partial charge in [-0.3, -0.25) is 0 Å². The number of ether oxygens (including phenoxy) is 1. The van der Waals surface area contributed by atoms with Gasteiger partial charge in [-0.25, -0.2) is 9.78 Å². The number of hydrogen-bond donors (Lipinski definition) is 1. The molecule has 0 radical (unpaired) electrons. The fourth-order valence-electron chi connectivity index (χ4n) is 2.16. The first-order valence-corrected chi connectivity index (χ1v) is 6.80. The van der Waals surface area contributed by atoms with Crippen LogP contribution in [0.15, 0.2) is 0 Å². The Morgan fingerprint density at radius 2 is 2.33 bits per heavy atom. The highest BCUT2D eigenvalue weighted by Gasteiger charge is 2.33. The summed E-state index contributed by atoms with van der Waals surface area (Å²) in [6, 6.07) is 0. The molecule has 0 spiro atoms. The summed E-state index contributed by atoms with van der Waals surface area (Å²) < 4.78 is 5.80. The Balaban J connectivity index is 2.26. The molecule has 1 aromatic rings. The van der Waals surface area contributed by atoms with Crippen molar-refractivity contribution in [3.05, 3.63) is 10.0 Å². The minimum absolute atomic E-state index is 0.0550. The molecular weight excluding hydrogens is 276 g/mol. The smallest absolute Gasteiger partial charge is 0.349 e. The number of carboxylic acids is 1. The van der Waals surface area contributed by atoms with Crippen LogP contribution < -0.4 is 4.90 Å². The van der Waals surface area contributed by atoms with Gasteiger partial charge in [0.25, 0.3) is 0 Å². The molecule has 0 saturated carbocycles. The number of morpholine rings is 1. The average Bonchev–Trinajstić information content (AvgIpc) is 2.57. The van der Waals surface area contributed by atoms with Crippen LogP contribution in [0.3, 0.4) is 0 Å². The lowest BCUT2D eigenvalue weighted by molar-refractivity contribution is -0.0749. The van der Waals surface area contributed by atoms with Crippen molar-refractivity contribution >= 4 is 34.0 Å². The van der Waals surface area contributed by atoms with Gasteiger partial charge in [-0.15, -0.1) is 0 Å². The van der Waals surface area contributed by atoms with E-state index in [0.29, 0.717) is 18.2 Å². The Hall–Kier alpha value is -0.850. The third-order valence-electron chi connectivity index (χ3n) is 2.61. The van der Waals surface area contributed by atoms with Crippen LogP contribution in [0.4, 0.5) is 5.13 Å². The monoisotopic (exact) mass is 290 g/mol. The lowest BCUT2D eigenvalue weighted by atomic mass is 10.1. The Morgan fingerprint density at radius 3 is 2.83 bits per heavy atom. The maximum absolute atomic E-state index is 11.0. The maximum atomic E-state index is 11.0. The summed E-state index contributed by atoms with van der Waals surface area (Å²) in [7, 11) is 0. The van der Waals surface area contributed by atoms with E-state index in [9.17, 15) is 4.79 Å². The van der Waals surface area contributed by atoms with Crippen molar-refractivity contribution in [2.24, 2.45) is 0 Å². The summed E-state index contributed by atoms with van der Waals surface area (Å²) in [4.78, 5) is 17.2. The fraction of sp³-hybridized carbons (Fsp3) is 0.636. The van der Waals surface area contributed by atoms with Gasteiger partial charge in [0.05, 0.1) is 11.7 Å². The van der Waals surface area contributed by atoms with Crippen molar-refractivity contribution in [1.29, 1.82) is 0 Å². The second-order valence-corrected chi connectivity index (χ2v) is 6.33. The average molecular weight is 291 g/mol. The Labute approximate surface area is 114 Å². The minimum atomic E-state index is -1.04. The molecule has 1 fully saturated rings. The van der Waals surface area contributed by atoms with E-state index >= 15 is 0 Å². The summed E-state index contributed by atoms with van der Waals surface area (Å²) in [5.74, 6) is -1.04. The molecule has 1 atom stereocenters. The van der Waals surface area contributed by atoms with Crippen LogP contribution in [0.2, 0.25) is 5.15 Å².